The molecule has 4 N–H and O–H groups in total. The number of hydrogen-bond acceptors (Lipinski definition) is 4. The Bertz CT molecular complexity index is 797. The maximum absolute atomic E-state index is 12.4. The van der Waals surface area contributed by atoms with Gasteiger partial charge in [-0.2, -0.15) is 0 Å². The van der Waals surface area contributed by atoms with Crippen molar-refractivity contribution in [3.8, 4) is 0 Å². The summed E-state index contributed by atoms with van der Waals surface area (Å²) in [5.41, 5.74) is 9.47. The van der Waals surface area contributed by atoms with Gasteiger partial charge < -0.3 is 20.7 Å². The van der Waals surface area contributed by atoms with Gasteiger partial charge in [-0.05, 0) is 47.0 Å². The first-order valence-electron chi connectivity index (χ1n) is 9.29. The van der Waals surface area contributed by atoms with Gasteiger partial charge in [-0.25, -0.2) is 0 Å². The van der Waals surface area contributed by atoms with Crippen molar-refractivity contribution in [2.75, 3.05) is 13.1 Å². The highest BCUT2D eigenvalue weighted by Crippen LogP contribution is 2.28. The van der Waals surface area contributed by atoms with Crippen LogP contribution in [-0.4, -0.2) is 41.1 Å². The number of rotatable bonds is 5. The Balaban J connectivity index is 1.55. The molecule has 2 aromatic carbocycles. The Morgan fingerprint density at radius 2 is 1.85 bits per heavy atom. The first-order valence-corrected chi connectivity index (χ1v) is 9.29. The molecule has 1 amide bonds. The number of nitrogens with two attached hydrogens (primary N) is 1. The molecule has 0 bridgehead atoms. The van der Waals surface area contributed by atoms with Gasteiger partial charge in [-0.3, -0.25) is 4.79 Å². The van der Waals surface area contributed by atoms with E-state index in [1.807, 2.05) is 11.0 Å². The number of likely N-dealkylation sites (tertiary alicyclic amines) is 1. The van der Waals surface area contributed by atoms with Crippen LogP contribution in [0.15, 0.2) is 54.6 Å². The third-order valence-electron chi connectivity index (χ3n) is 5.12. The Morgan fingerprint density at radius 3 is 2.48 bits per heavy atom. The Morgan fingerprint density at radius 1 is 1.15 bits per heavy atom. The summed E-state index contributed by atoms with van der Waals surface area (Å²) in [6.45, 7) is 2.04. The molecule has 6 heteroatoms. The molecule has 3 rings (SSSR count). The monoisotopic (exact) mass is 364 g/mol. The van der Waals surface area contributed by atoms with Crippen molar-refractivity contribution in [1.29, 1.82) is 0 Å². The van der Waals surface area contributed by atoms with Gasteiger partial charge in [0.05, 0.1) is 0 Å². The molecule has 1 aliphatic heterocycles. The van der Waals surface area contributed by atoms with Crippen LogP contribution in [0.3, 0.4) is 0 Å². The molecule has 140 valence electrons. The second-order valence-electron chi connectivity index (χ2n) is 6.92. The van der Waals surface area contributed by atoms with E-state index in [4.69, 9.17) is 15.8 Å². The molecule has 1 saturated heterocycles. The van der Waals surface area contributed by atoms with E-state index in [1.165, 1.54) is 5.56 Å². The summed E-state index contributed by atoms with van der Waals surface area (Å²) in [4.78, 5) is 14.3. The molecule has 5 nitrogen and oxygen atoms in total. The lowest BCUT2D eigenvalue weighted by molar-refractivity contribution is -0.126. The minimum absolute atomic E-state index is 0.00966. The predicted octanol–water partition coefficient (Wildman–Crippen LogP) is 1.24. The second kappa shape index (κ2) is 8.99. The summed E-state index contributed by atoms with van der Waals surface area (Å²) in [7, 11) is -1.48. The average Bonchev–Trinajstić information content (AvgIpc) is 2.72. The van der Waals surface area contributed by atoms with Crippen molar-refractivity contribution < 1.29 is 14.8 Å². The summed E-state index contributed by atoms with van der Waals surface area (Å²) < 4.78 is 0. The second-order valence-corrected chi connectivity index (χ2v) is 6.92. The van der Waals surface area contributed by atoms with Crippen LogP contribution in [0.1, 0.15) is 35.4 Å². The van der Waals surface area contributed by atoms with Gasteiger partial charge in [-0.15, -0.1) is 0 Å². The van der Waals surface area contributed by atoms with E-state index in [-0.39, 0.29) is 5.91 Å². The quantitative estimate of drug-likeness (QED) is 0.551. The van der Waals surface area contributed by atoms with Crippen molar-refractivity contribution in [3.05, 3.63) is 71.3 Å². The highest BCUT2D eigenvalue weighted by atomic mass is 16.4. The molecule has 0 aliphatic carbocycles. The summed E-state index contributed by atoms with van der Waals surface area (Å²) in [5.74, 6) is 0.484. The molecule has 0 saturated carbocycles. The lowest BCUT2D eigenvalue weighted by Gasteiger charge is -2.31. The maximum atomic E-state index is 12.4. The standard InChI is InChI=1S/C21H25BN2O3/c23-15-17-2-1-3-19(14-17)18-10-12-24(13-11-18)21(25)9-6-16-4-7-20(8-5-16)22(26)27/h1-9,14,18,26-27H,10-13,15,23H2. The third-order valence-corrected chi connectivity index (χ3v) is 5.12. The first kappa shape index (κ1) is 19.4. The smallest absolute Gasteiger partial charge is 0.423 e. The van der Waals surface area contributed by atoms with Crippen LogP contribution in [0.25, 0.3) is 6.08 Å². The van der Waals surface area contributed by atoms with Gasteiger partial charge >= 0.3 is 7.12 Å². The van der Waals surface area contributed by atoms with Crippen molar-refractivity contribution in [2.24, 2.45) is 5.73 Å². The maximum Gasteiger partial charge on any atom is 0.488 e. The fourth-order valence-electron chi connectivity index (χ4n) is 3.46. The van der Waals surface area contributed by atoms with Crippen LogP contribution < -0.4 is 11.2 Å². The van der Waals surface area contributed by atoms with Crippen molar-refractivity contribution >= 4 is 24.6 Å². The Kier molecular flexibility index (Phi) is 6.45. The number of hydrogen-bond donors (Lipinski definition) is 3. The van der Waals surface area contributed by atoms with E-state index >= 15 is 0 Å². The fraction of sp³-hybridized carbons (Fsp3) is 0.286. The van der Waals surface area contributed by atoms with Crippen LogP contribution in [0, 0.1) is 0 Å². The summed E-state index contributed by atoms with van der Waals surface area (Å²) in [6, 6.07) is 15.2. The molecule has 1 fully saturated rings. The Hall–Kier alpha value is -2.41. The van der Waals surface area contributed by atoms with Crippen LogP contribution in [0.2, 0.25) is 0 Å². The minimum atomic E-state index is -1.48. The van der Waals surface area contributed by atoms with E-state index in [0.29, 0.717) is 17.9 Å². The number of carbonyl (C=O) groups excluding carboxylic acids is 1. The van der Waals surface area contributed by atoms with Gasteiger partial charge in [0, 0.05) is 25.7 Å². The number of nitrogens with zero attached hydrogens (tertiary/aromatic N) is 1. The molecule has 27 heavy (non-hydrogen) atoms. The normalized spacial score (nSPS) is 15.3. The topological polar surface area (TPSA) is 86.8 Å². The molecular formula is C21H25BN2O3. The van der Waals surface area contributed by atoms with Crippen LogP contribution in [0.4, 0.5) is 0 Å². The lowest BCUT2D eigenvalue weighted by atomic mass is 9.80. The molecule has 0 aromatic heterocycles. The average molecular weight is 364 g/mol. The van der Waals surface area contributed by atoms with E-state index in [1.54, 1.807) is 36.4 Å². The SMILES string of the molecule is NCc1cccc(C2CCN(C(=O)C=Cc3ccc(B(O)O)cc3)CC2)c1. The zero-order chi connectivity index (χ0) is 19.2. The zero-order valence-corrected chi connectivity index (χ0v) is 15.3. The van der Waals surface area contributed by atoms with Gasteiger partial charge in [0.1, 0.15) is 0 Å². The van der Waals surface area contributed by atoms with E-state index in [9.17, 15) is 4.79 Å². The molecule has 2 aromatic rings. The van der Waals surface area contributed by atoms with Gasteiger partial charge in [0.2, 0.25) is 5.91 Å². The van der Waals surface area contributed by atoms with Crippen molar-refractivity contribution in [1.82, 2.24) is 4.90 Å². The minimum Gasteiger partial charge on any atom is -0.423 e. The van der Waals surface area contributed by atoms with E-state index < -0.39 is 7.12 Å². The Labute approximate surface area is 160 Å². The molecular weight excluding hydrogens is 339 g/mol. The number of piperidine rings is 1. The highest BCUT2D eigenvalue weighted by Gasteiger charge is 2.22. The molecule has 0 unspecified atom stereocenters. The fourth-order valence-corrected chi connectivity index (χ4v) is 3.46. The highest BCUT2D eigenvalue weighted by molar-refractivity contribution is 6.58. The van der Waals surface area contributed by atoms with Crippen LogP contribution >= 0.6 is 0 Å². The molecule has 0 atom stereocenters. The predicted molar refractivity (Wildman–Crippen MR) is 108 cm³/mol. The van der Waals surface area contributed by atoms with Gasteiger partial charge in [0.25, 0.3) is 0 Å². The van der Waals surface area contributed by atoms with Crippen LogP contribution in [0.5, 0.6) is 0 Å². The number of carbonyl (C=O) groups is 1. The van der Waals surface area contributed by atoms with E-state index in [0.717, 1.165) is 37.1 Å². The third kappa shape index (κ3) is 5.07. The molecule has 0 spiro atoms. The summed E-state index contributed by atoms with van der Waals surface area (Å²) >= 11 is 0. The van der Waals surface area contributed by atoms with Crippen molar-refractivity contribution in [2.45, 2.75) is 25.3 Å². The largest absolute Gasteiger partial charge is 0.488 e. The summed E-state index contributed by atoms with van der Waals surface area (Å²) in [6.07, 6.45) is 5.25. The number of benzene rings is 2. The molecule has 1 heterocycles. The van der Waals surface area contributed by atoms with E-state index in [2.05, 4.69) is 18.2 Å². The van der Waals surface area contributed by atoms with Gasteiger partial charge in [0.15, 0.2) is 0 Å². The van der Waals surface area contributed by atoms with Gasteiger partial charge in [-0.1, -0.05) is 48.5 Å². The lowest BCUT2D eigenvalue weighted by Crippen LogP contribution is -2.36. The van der Waals surface area contributed by atoms with Crippen LogP contribution in [-0.2, 0) is 11.3 Å². The molecule has 1 aliphatic rings. The first-order chi connectivity index (χ1) is 13.1. The van der Waals surface area contributed by atoms with Crippen molar-refractivity contribution in [3.63, 3.8) is 0 Å². The summed E-state index contributed by atoms with van der Waals surface area (Å²) in [5, 5.41) is 18.2. The zero-order valence-electron chi connectivity index (χ0n) is 15.3. The number of amides is 1. The molecule has 0 radical (unpaired) electrons.